The number of rotatable bonds is 5. The summed E-state index contributed by atoms with van der Waals surface area (Å²) < 4.78 is 18.7. The molecule has 0 spiro atoms. The molecule has 6 nitrogen and oxygen atoms in total. The van der Waals surface area contributed by atoms with Gasteiger partial charge >= 0.3 is 0 Å². The monoisotopic (exact) mass is 350 g/mol. The highest BCUT2D eigenvalue weighted by Gasteiger charge is 2.42. The van der Waals surface area contributed by atoms with Gasteiger partial charge < -0.3 is 20.1 Å². The van der Waals surface area contributed by atoms with Gasteiger partial charge in [-0.2, -0.15) is 0 Å². The Morgan fingerprint density at radius 2 is 2.08 bits per heavy atom. The SMILES string of the molecule is CN1C(=O)COC(C(=O)NCC2(CO)CCC2)C1c1ccc(F)cc1. The summed E-state index contributed by atoms with van der Waals surface area (Å²) in [6.45, 7) is 0.256. The summed E-state index contributed by atoms with van der Waals surface area (Å²) in [6.07, 6.45) is 1.94. The second kappa shape index (κ2) is 7.09. The van der Waals surface area contributed by atoms with Crippen LogP contribution >= 0.6 is 0 Å². The zero-order valence-corrected chi connectivity index (χ0v) is 14.2. The number of ether oxygens (including phenoxy) is 1. The molecule has 2 unspecified atom stereocenters. The molecule has 2 aliphatic rings. The number of carbonyl (C=O) groups is 2. The number of nitrogens with one attached hydrogen (secondary N) is 1. The van der Waals surface area contributed by atoms with Crippen molar-refractivity contribution in [1.29, 1.82) is 0 Å². The van der Waals surface area contributed by atoms with E-state index in [9.17, 15) is 19.1 Å². The molecule has 0 aromatic heterocycles. The van der Waals surface area contributed by atoms with Crippen LogP contribution in [0.1, 0.15) is 30.9 Å². The standard InChI is InChI=1S/C18H23FN2O4/c1-21-14(23)9-25-16(15(21)12-3-5-13(19)6-4-12)17(24)20-10-18(11-22)7-2-8-18/h3-6,15-16,22H,2,7-11H2,1H3,(H,20,24). The number of hydrogen-bond donors (Lipinski definition) is 2. The highest BCUT2D eigenvalue weighted by molar-refractivity contribution is 5.86. The number of nitrogens with zero attached hydrogens (tertiary/aromatic N) is 1. The topological polar surface area (TPSA) is 78.9 Å². The van der Waals surface area contributed by atoms with Crippen molar-refractivity contribution in [2.75, 3.05) is 26.8 Å². The summed E-state index contributed by atoms with van der Waals surface area (Å²) in [7, 11) is 1.61. The van der Waals surface area contributed by atoms with Crippen LogP contribution in [0, 0.1) is 11.2 Å². The highest BCUT2D eigenvalue weighted by Crippen LogP contribution is 2.39. The molecule has 0 bridgehead atoms. The van der Waals surface area contributed by atoms with E-state index in [0.717, 1.165) is 19.3 Å². The first kappa shape index (κ1) is 17.8. The van der Waals surface area contributed by atoms with Gasteiger partial charge in [0.05, 0.1) is 12.6 Å². The van der Waals surface area contributed by atoms with Crippen molar-refractivity contribution < 1.29 is 23.8 Å². The number of morpholine rings is 1. The van der Waals surface area contributed by atoms with Gasteiger partial charge in [-0.3, -0.25) is 9.59 Å². The Labute approximate surface area is 146 Å². The lowest BCUT2D eigenvalue weighted by molar-refractivity contribution is -0.162. The molecular weight excluding hydrogens is 327 g/mol. The largest absolute Gasteiger partial charge is 0.396 e. The molecule has 2 N–H and O–H groups in total. The van der Waals surface area contributed by atoms with E-state index in [2.05, 4.69) is 5.32 Å². The summed E-state index contributed by atoms with van der Waals surface area (Å²) in [5.41, 5.74) is 0.398. The number of aliphatic hydroxyl groups excluding tert-OH is 1. The van der Waals surface area contributed by atoms with Crippen LogP contribution in [0.15, 0.2) is 24.3 Å². The van der Waals surface area contributed by atoms with Crippen molar-refractivity contribution in [2.24, 2.45) is 5.41 Å². The Morgan fingerprint density at radius 1 is 1.40 bits per heavy atom. The minimum absolute atomic E-state index is 0.0403. The predicted molar refractivity (Wildman–Crippen MR) is 88.0 cm³/mol. The number of amides is 2. The Morgan fingerprint density at radius 3 is 2.64 bits per heavy atom. The fraction of sp³-hybridized carbons (Fsp3) is 0.556. The predicted octanol–water partition coefficient (Wildman–Crippen LogP) is 1.00. The maximum Gasteiger partial charge on any atom is 0.251 e. The van der Waals surface area contributed by atoms with Gasteiger partial charge in [0.2, 0.25) is 5.91 Å². The van der Waals surface area contributed by atoms with Crippen molar-refractivity contribution in [3.05, 3.63) is 35.6 Å². The van der Waals surface area contributed by atoms with E-state index in [1.165, 1.54) is 17.0 Å². The zero-order chi connectivity index (χ0) is 18.0. The van der Waals surface area contributed by atoms with Gasteiger partial charge in [-0.1, -0.05) is 18.6 Å². The summed E-state index contributed by atoms with van der Waals surface area (Å²) in [4.78, 5) is 26.1. The van der Waals surface area contributed by atoms with E-state index < -0.39 is 12.1 Å². The third kappa shape index (κ3) is 3.52. The minimum atomic E-state index is -0.871. The Kier molecular flexibility index (Phi) is 5.06. The minimum Gasteiger partial charge on any atom is -0.396 e. The molecule has 2 fully saturated rings. The van der Waals surface area contributed by atoms with Crippen LogP contribution in [0.4, 0.5) is 4.39 Å². The van der Waals surface area contributed by atoms with Gasteiger partial charge in [0, 0.05) is 19.0 Å². The van der Waals surface area contributed by atoms with Gasteiger partial charge in [0.25, 0.3) is 5.91 Å². The Balaban J connectivity index is 1.75. The smallest absolute Gasteiger partial charge is 0.251 e. The highest BCUT2D eigenvalue weighted by atomic mass is 19.1. The fourth-order valence-corrected chi connectivity index (χ4v) is 3.43. The molecule has 1 aromatic rings. The second-order valence-electron chi connectivity index (χ2n) is 6.96. The van der Waals surface area contributed by atoms with Crippen LogP contribution in [-0.4, -0.2) is 54.7 Å². The van der Waals surface area contributed by atoms with E-state index >= 15 is 0 Å². The van der Waals surface area contributed by atoms with Crippen LogP contribution in [0.5, 0.6) is 0 Å². The average molecular weight is 350 g/mol. The van der Waals surface area contributed by atoms with E-state index in [0.29, 0.717) is 12.1 Å². The van der Waals surface area contributed by atoms with E-state index in [4.69, 9.17) is 4.74 Å². The molecule has 1 saturated carbocycles. The molecule has 7 heteroatoms. The van der Waals surface area contributed by atoms with Gasteiger partial charge in [-0.15, -0.1) is 0 Å². The lowest BCUT2D eigenvalue weighted by Crippen LogP contribution is -2.55. The molecule has 1 aliphatic carbocycles. The fourth-order valence-electron chi connectivity index (χ4n) is 3.43. The number of halogens is 1. The third-order valence-corrected chi connectivity index (χ3v) is 5.34. The van der Waals surface area contributed by atoms with Gasteiger partial charge in [0.15, 0.2) is 6.10 Å². The molecule has 3 rings (SSSR count). The number of hydrogen-bond acceptors (Lipinski definition) is 4. The normalized spacial score (nSPS) is 25.4. The first-order valence-corrected chi connectivity index (χ1v) is 8.47. The molecule has 136 valence electrons. The van der Waals surface area contributed by atoms with Crippen LogP contribution in [0.25, 0.3) is 0 Å². The maximum absolute atomic E-state index is 13.2. The lowest BCUT2D eigenvalue weighted by atomic mass is 9.69. The van der Waals surface area contributed by atoms with E-state index in [1.807, 2.05) is 0 Å². The molecule has 0 radical (unpaired) electrons. The second-order valence-corrected chi connectivity index (χ2v) is 6.96. The van der Waals surface area contributed by atoms with E-state index in [-0.39, 0.29) is 36.3 Å². The summed E-state index contributed by atoms with van der Waals surface area (Å²) >= 11 is 0. The molecule has 2 amide bonds. The van der Waals surface area contributed by atoms with Crippen molar-refractivity contribution in [3.63, 3.8) is 0 Å². The van der Waals surface area contributed by atoms with Crippen LogP contribution in [-0.2, 0) is 14.3 Å². The summed E-state index contributed by atoms with van der Waals surface area (Å²) in [5, 5.41) is 12.4. The quantitative estimate of drug-likeness (QED) is 0.831. The average Bonchev–Trinajstić information content (AvgIpc) is 2.57. The Hall–Kier alpha value is -1.99. The van der Waals surface area contributed by atoms with Crippen LogP contribution < -0.4 is 5.32 Å². The number of aliphatic hydroxyl groups is 1. The van der Waals surface area contributed by atoms with Gasteiger partial charge in [-0.05, 0) is 30.5 Å². The number of benzene rings is 1. The molecular formula is C18H23FN2O4. The van der Waals surface area contributed by atoms with Crippen molar-refractivity contribution >= 4 is 11.8 Å². The molecule has 1 heterocycles. The summed E-state index contributed by atoms with van der Waals surface area (Å²) in [6, 6.07) is 5.09. The lowest BCUT2D eigenvalue weighted by Gasteiger charge is -2.42. The number of likely N-dealkylation sites (N-methyl/N-ethyl adjacent to an activating group) is 1. The van der Waals surface area contributed by atoms with Crippen molar-refractivity contribution in [3.8, 4) is 0 Å². The van der Waals surface area contributed by atoms with Gasteiger partial charge in [0.1, 0.15) is 12.4 Å². The maximum atomic E-state index is 13.2. The Bertz CT molecular complexity index is 639. The molecule has 25 heavy (non-hydrogen) atoms. The van der Waals surface area contributed by atoms with Gasteiger partial charge in [-0.25, -0.2) is 4.39 Å². The van der Waals surface area contributed by atoms with Crippen molar-refractivity contribution in [1.82, 2.24) is 10.2 Å². The summed E-state index contributed by atoms with van der Waals surface area (Å²) in [5.74, 6) is -0.942. The molecule has 1 saturated heterocycles. The molecule has 1 aromatic carbocycles. The van der Waals surface area contributed by atoms with Crippen LogP contribution in [0.2, 0.25) is 0 Å². The van der Waals surface area contributed by atoms with Crippen LogP contribution in [0.3, 0.4) is 0 Å². The zero-order valence-electron chi connectivity index (χ0n) is 14.2. The van der Waals surface area contributed by atoms with Crippen molar-refractivity contribution in [2.45, 2.75) is 31.4 Å². The molecule has 2 atom stereocenters. The number of carbonyl (C=O) groups excluding carboxylic acids is 2. The third-order valence-electron chi connectivity index (χ3n) is 5.34. The first-order chi connectivity index (χ1) is 12.0. The first-order valence-electron chi connectivity index (χ1n) is 8.47. The van der Waals surface area contributed by atoms with E-state index in [1.54, 1.807) is 19.2 Å². The molecule has 1 aliphatic heterocycles.